The fourth-order valence-electron chi connectivity index (χ4n) is 3.03. The molecule has 27 heavy (non-hydrogen) atoms. The van der Waals surface area contributed by atoms with Crippen LogP contribution in [0.1, 0.15) is 41.8 Å². The SMILES string of the molecule is COc1cc(OC)cc(C(=O)NN=Cc2ccc(N3CCCCCC3)o2)c1. The van der Waals surface area contributed by atoms with E-state index in [0.29, 0.717) is 22.8 Å². The third-order valence-electron chi connectivity index (χ3n) is 4.50. The van der Waals surface area contributed by atoms with Crippen LogP contribution in [0, 0.1) is 0 Å². The molecular formula is C20H25N3O4. The van der Waals surface area contributed by atoms with Gasteiger partial charge in [-0.2, -0.15) is 5.10 Å². The Labute approximate surface area is 158 Å². The predicted molar refractivity (Wildman–Crippen MR) is 104 cm³/mol. The van der Waals surface area contributed by atoms with Gasteiger partial charge < -0.3 is 18.8 Å². The minimum absolute atomic E-state index is 0.359. The van der Waals surface area contributed by atoms with Crippen molar-refractivity contribution in [3.05, 3.63) is 41.7 Å². The maximum Gasteiger partial charge on any atom is 0.271 e. The van der Waals surface area contributed by atoms with E-state index in [-0.39, 0.29) is 5.91 Å². The van der Waals surface area contributed by atoms with Crippen LogP contribution < -0.4 is 19.8 Å². The molecule has 3 rings (SSSR count). The number of methoxy groups -OCH3 is 2. The summed E-state index contributed by atoms with van der Waals surface area (Å²) >= 11 is 0. The molecule has 1 aliphatic heterocycles. The molecule has 2 heterocycles. The zero-order valence-corrected chi connectivity index (χ0v) is 15.7. The fraction of sp³-hybridized carbons (Fsp3) is 0.400. The third-order valence-corrected chi connectivity index (χ3v) is 4.50. The van der Waals surface area contributed by atoms with Crippen LogP contribution in [0.15, 0.2) is 39.9 Å². The van der Waals surface area contributed by atoms with Crippen molar-refractivity contribution in [2.75, 3.05) is 32.2 Å². The highest BCUT2D eigenvalue weighted by Crippen LogP contribution is 2.23. The van der Waals surface area contributed by atoms with Gasteiger partial charge >= 0.3 is 0 Å². The van der Waals surface area contributed by atoms with Crippen molar-refractivity contribution in [1.82, 2.24) is 5.43 Å². The number of benzene rings is 1. The van der Waals surface area contributed by atoms with Crippen LogP contribution in [-0.4, -0.2) is 39.4 Å². The van der Waals surface area contributed by atoms with Gasteiger partial charge in [0.2, 0.25) is 0 Å². The number of carbonyl (C=O) groups excluding carboxylic acids is 1. The van der Waals surface area contributed by atoms with Crippen molar-refractivity contribution in [2.24, 2.45) is 5.10 Å². The van der Waals surface area contributed by atoms with Gasteiger partial charge in [0.25, 0.3) is 5.91 Å². The molecule has 1 aromatic heterocycles. The van der Waals surface area contributed by atoms with Gasteiger partial charge in [0.15, 0.2) is 5.88 Å². The molecule has 0 spiro atoms. The number of anilines is 1. The molecule has 1 aromatic carbocycles. The Balaban J connectivity index is 1.61. The third kappa shape index (κ3) is 5.03. The smallest absolute Gasteiger partial charge is 0.271 e. The van der Waals surface area contributed by atoms with Crippen molar-refractivity contribution in [3.63, 3.8) is 0 Å². The lowest BCUT2D eigenvalue weighted by molar-refractivity contribution is 0.0954. The van der Waals surface area contributed by atoms with Crippen molar-refractivity contribution >= 4 is 18.0 Å². The first kappa shape index (κ1) is 18.8. The van der Waals surface area contributed by atoms with E-state index in [1.165, 1.54) is 46.1 Å². The average molecular weight is 371 g/mol. The van der Waals surface area contributed by atoms with E-state index >= 15 is 0 Å². The summed E-state index contributed by atoms with van der Waals surface area (Å²) in [4.78, 5) is 14.5. The number of ether oxygens (including phenoxy) is 2. The molecule has 0 aliphatic carbocycles. The first-order chi connectivity index (χ1) is 13.2. The molecule has 144 valence electrons. The molecule has 0 bridgehead atoms. The maximum atomic E-state index is 12.3. The molecule has 0 radical (unpaired) electrons. The topological polar surface area (TPSA) is 76.3 Å². The van der Waals surface area contributed by atoms with E-state index in [4.69, 9.17) is 13.9 Å². The van der Waals surface area contributed by atoms with Gasteiger partial charge in [-0.3, -0.25) is 4.79 Å². The second-order valence-electron chi connectivity index (χ2n) is 6.38. The van der Waals surface area contributed by atoms with E-state index in [2.05, 4.69) is 15.4 Å². The van der Waals surface area contributed by atoms with Gasteiger partial charge in [0.05, 0.1) is 20.4 Å². The molecule has 1 aliphatic rings. The van der Waals surface area contributed by atoms with Crippen LogP contribution in [0.2, 0.25) is 0 Å². The molecule has 0 atom stereocenters. The van der Waals surface area contributed by atoms with Gasteiger partial charge in [0.1, 0.15) is 17.3 Å². The molecule has 7 nitrogen and oxygen atoms in total. The Morgan fingerprint density at radius 2 is 1.74 bits per heavy atom. The summed E-state index contributed by atoms with van der Waals surface area (Å²) in [5, 5.41) is 3.99. The Morgan fingerprint density at radius 1 is 1.07 bits per heavy atom. The van der Waals surface area contributed by atoms with Crippen LogP contribution in [0.5, 0.6) is 11.5 Å². The number of hydrazone groups is 1. The van der Waals surface area contributed by atoms with Crippen LogP contribution in [0.3, 0.4) is 0 Å². The van der Waals surface area contributed by atoms with Gasteiger partial charge in [-0.1, -0.05) is 12.8 Å². The molecule has 1 fully saturated rings. The number of nitrogens with one attached hydrogen (secondary N) is 1. The van der Waals surface area contributed by atoms with E-state index in [9.17, 15) is 4.79 Å². The van der Waals surface area contributed by atoms with Crippen LogP contribution in [0.25, 0.3) is 0 Å². The first-order valence-corrected chi connectivity index (χ1v) is 9.11. The van der Waals surface area contributed by atoms with Crippen LogP contribution in [0.4, 0.5) is 5.88 Å². The van der Waals surface area contributed by atoms with E-state index in [1.807, 2.05) is 12.1 Å². The minimum atomic E-state index is -0.359. The molecule has 7 heteroatoms. The number of amides is 1. The molecule has 2 aromatic rings. The van der Waals surface area contributed by atoms with Gasteiger partial charge in [-0.05, 0) is 31.0 Å². The number of nitrogens with zero attached hydrogens (tertiary/aromatic N) is 2. The molecule has 1 N–H and O–H groups in total. The molecule has 0 unspecified atom stereocenters. The van der Waals surface area contributed by atoms with Gasteiger partial charge in [0, 0.05) is 30.8 Å². The number of hydrogen-bond acceptors (Lipinski definition) is 6. The molecule has 1 amide bonds. The second-order valence-corrected chi connectivity index (χ2v) is 6.38. The van der Waals surface area contributed by atoms with E-state index in [0.717, 1.165) is 19.0 Å². The van der Waals surface area contributed by atoms with Gasteiger partial charge in [-0.25, -0.2) is 5.43 Å². The molecule has 0 saturated carbocycles. The molecule has 1 saturated heterocycles. The highest BCUT2D eigenvalue weighted by Gasteiger charge is 2.13. The number of furan rings is 1. The van der Waals surface area contributed by atoms with Crippen LogP contribution >= 0.6 is 0 Å². The fourth-order valence-corrected chi connectivity index (χ4v) is 3.03. The normalized spacial score (nSPS) is 14.8. The zero-order chi connectivity index (χ0) is 19.1. The Hall–Kier alpha value is -2.96. The Bertz CT molecular complexity index is 770. The summed E-state index contributed by atoms with van der Waals surface area (Å²) in [6.45, 7) is 2.02. The van der Waals surface area contributed by atoms with Crippen molar-refractivity contribution in [2.45, 2.75) is 25.7 Å². The summed E-state index contributed by atoms with van der Waals surface area (Å²) in [5.41, 5.74) is 2.89. The van der Waals surface area contributed by atoms with Gasteiger partial charge in [-0.15, -0.1) is 0 Å². The maximum absolute atomic E-state index is 12.3. The zero-order valence-electron chi connectivity index (χ0n) is 15.7. The van der Waals surface area contributed by atoms with Crippen molar-refractivity contribution in [1.29, 1.82) is 0 Å². The highest BCUT2D eigenvalue weighted by atomic mass is 16.5. The van der Waals surface area contributed by atoms with E-state index < -0.39 is 0 Å². The number of carbonyl (C=O) groups is 1. The average Bonchev–Trinajstić information content (AvgIpc) is 3.00. The Kier molecular flexibility index (Phi) is 6.35. The lowest BCUT2D eigenvalue weighted by atomic mass is 10.2. The summed E-state index contributed by atoms with van der Waals surface area (Å²) < 4.78 is 16.2. The quantitative estimate of drug-likeness (QED) is 0.622. The summed E-state index contributed by atoms with van der Waals surface area (Å²) in [5.74, 6) is 2.16. The molecular weight excluding hydrogens is 346 g/mol. The lowest BCUT2D eigenvalue weighted by Crippen LogP contribution is -2.23. The number of rotatable bonds is 6. The number of hydrogen-bond donors (Lipinski definition) is 1. The first-order valence-electron chi connectivity index (χ1n) is 9.11. The highest BCUT2D eigenvalue weighted by molar-refractivity contribution is 5.95. The second kappa shape index (κ2) is 9.12. The summed E-state index contributed by atoms with van der Waals surface area (Å²) in [6.07, 6.45) is 6.41. The standard InChI is InChI=1S/C20H25N3O4/c1-25-17-11-15(12-18(13-17)26-2)20(24)22-21-14-16-7-8-19(27-16)23-9-5-3-4-6-10-23/h7-8,11-14H,3-6,9-10H2,1-2H3,(H,22,24). The largest absolute Gasteiger partial charge is 0.497 e. The monoisotopic (exact) mass is 371 g/mol. The van der Waals surface area contributed by atoms with Crippen molar-refractivity contribution in [3.8, 4) is 11.5 Å². The Morgan fingerprint density at radius 3 is 2.37 bits per heavy atom. The minimum Gasteiger partial charge on any atom is -0.497 e. The lowest BCUT2D eigenvalue weighted by Gasteiger charge is -2.18. The predicted octanol–water partition coefficient (Wildman–Crippen LogP) is 3.44. The van der Waals surface area contributed by atoms with Crippen molar-refractivity contribution < 1.29 is 18.7 Å². The summed E-state index contributed by atoms with van der Waals surface area (Å²) in [7, 11) is 3.07. The summed E-state index contributed by atoms with van der Waals surface area (Å²) in [6, 6.07) is 8.74. The van der Waals surface area contributed by atoms with E-state index in [1.54, 1.807) is 18.2 Å². The van der Waals surface area contributed by atoms with Crippen LogP contribution in [-0.2, 0) is 0 Å².